The lowest BCUT2D eigenvalue weighted by atomic mass is 10.1. The fraction of sp³-hybridized carbons (Fsp3) is 0.385. The third kappa shape index (κ3) is 3.90. The number of benzene rings is 1. The number of nitrogens with one attached hydrogen (secondary N) is 1. The van der Waals surface area contributed by atoms with Gasteiger partial charge in [-0.1, -0.05) is 26.0 Å². The van der Waals surface area contributed by atoms with Crippen LogP contribution in [0.1, 0.15) is 36.2 Å². The zero-order valence-corrected chi connectivity index (χ0v) is 10.2. The minimum atomic E-state index is -0.458. The molecule has 17 heavy (non-hydrogen) atoms. The van der Waals surface area contributed by atoms with Crippen LogP contribution in [0.25, 0.3) is 0 Å². The predicted octanol–water partition coefficient (Wildman–Crippen LogP) is 1.45. The molecule has 0 spiro atoms. The molecule has 92 valence electrons. The molecule has 0 radical (unpaired) electrons. The molecule has 0 aromatic heterocycles. The first-order chi connectivity index (χ1) is 8.04. The van der Waals surface area contributed by atoms with Crippen LogP contribution in [0.15, 0.2) is 24.3 Å². The van der Waals surface area contributed by atoms with Crippen LogP contribution >= 0.6 is 0 Å². The summed E-state index contributed by atoms with van der Waals surface area (Å²) in [5, 5.41) is 2.82. The van der Waals surface area contributed by atoms with E-state index in [9.17, 15) is 9.59 Å². The Bertz CT molecular complexity index is 416. The molecule has 0 saturated carbocycles. The summed E-state index contributed by atoms with van der Waals surface area (Å²) >= 11 is 0. The van der Waals surface area contributed by atoms with Crippen LogP contribution in [0.2, 0.25) is 0 Å². The van der Waals surface area contributed by atoms with Crippen molar-refractivity contribution in [1.82, 2.24) is 5.32 Å². The van der Waals surface area contributed by atoms with Crippen LogP contribution in [0.5, 0.6) is 0 Å². The molecule has 3 N–H and O–H groups in total. The summed E-state index contributed by atoms with van der Waals surface area (Å²) in [7, 11) is 0. The van der Waals surface area contributed by atoms with Gasteiger partial charge < -0.3 is 11.1 Å². The molecule has 1 aromatic carbocycles. The van der Waals surface area contributed by atoms with Crippen molar-refractivity contribution in [3.8, 4) is 0 Å². The minimum absolute atomic E-state index is 0.00863. The fourth-order valence-electron chi connectivity index (χ4n) is 1.38. The molecule has 1 unspecified atom stereocenters. The monoisotopic (exact) mass is 234 g/mol. The van der Waals surface area contributed by atoms with E-state index in [0.29, 0.717) is 12.1 Å². The van der Waals surface area contributed by atoms with Crippen LogP contribution in [-0.4, -0.2) is 11.8 Å². The highest BCUT2D eigenvalue weighted by Crippen LogP contribution is 2.06. The SMILES string of the molecule is CCC(C)C(=O)NCc1cccc(C(N)=O)c1. The summed E-state index contributed by atoms with van der Waals surface area (Å²) in [6.45, 7) is 4.28. The molecule has 1 atom stereocenters. The summed E-state index contributed by atoms with van der Waals surface area (Å²) in [5.74, 6) is -0.425. The van der Waals surface area contributed by atoms with Gasteiger partial charge in [0, 0.05) is 18.0 Å². The highest BCUT2D eigenvalue weighted by Gasteiger charge is 2.09. The zero-order valence-electron chi connectivity index (χ0n) is 10.2. The van der Waals surface area contributed by atoms with E-state index >= 15 is 0 Å². The number of hydrogen-bond donors (Lipinski definition) is 2. The summed E-state index contributed by atoms with van der Waals surface area (Å²) in [5.41, 5.74) is 6.51. The molecule has 0 aliphatic rings. The average Bonchev–Trinajstić information content (AvgIpc) is 2.35. The first kappa shape index (κ1) is 13.2. The Morgan fingerprint density at radius 2 is 2.12 bits per heavy atom. The number of amides is 2. The predicted molar refractivity (Wildman–Crippen MR) is 66.3 cm³/mol. The first-order valence-corrected chi connectivity index (χ1v) is 5.71. The maximum absolute atomic E-state index is 11.6. The van der Waals surface area contributed by atoms with Gasteiger partial charge in [-0.15, -0.1) is 0 Å². The van der Waals surface area contributed by atoms with Crippen molar-refractivity contribution in [1.29, 1.82) is 0 Å². The fourth-order valence-corrected chi connectivity index (χ4v) is 1.38. The van der Waals surface area contributed by atoms with Gasteiger partial charge in [-0.3, -0.25) is 9.59 Å². The molecule has 4 heteroatoms. The molecule has 0 heterocycles. The van der Waals surface area contributed by atoms with Gasteiger partial charge in [-0.25, -0.2) is 0 Å². The summed E-state index contributed by atoms with van der Waals surface area (Å²) in [4.78, 5) is 22.5. The Kier molecular flexibility index (Phi) is 4.69. The second-order valence-corrected chi connectivity index (χ2v) is 4.09. The lowest BCUT2D eigenvalue weighted by Crippen LogP contribution is -2.28. The average molecular weight is 234 g/mol. The largest absolute Gasteiger partial charge is 0.366 e. The molecule has 0 fully saturated rings. The van der Waals surface area contributed by atoms with Crippen LogP contribution in [0, 0.1) is 5.92 Å². The normalized spacial score (nSPS) is 11.9. The van der Waals surface area contributed by atoms with Crippen molar-refractivity contribution in [2.45, 2.75) is 26.8 Å². The van der Waals surface area contributed by atoms with Crippen molar-refractivity contribution in [3.63, 3.8) is 0 Å². The van der Waals surface area contributed by atoms with Crippen molar-refractivity contribution in [2.75, 3.05) is 0 Å². The van der Waals surface area contributed by atoms with E-state index in [1.54, 1.807) is 18.2 Å². The number of carbonyl (C=O) groups is 2. The molecule has 0 aliphatic heterocycles. The summed E-state index contributed by atoms with van der Waals surface area (Å²) < 4.78 is 0. The van der Waals surface area contributed by atoms with Gasteiger partial charge in [-0.05, 0) is 24.1 Å². The summed E-state index contributed by atoms with van der Waals surface area (Å²) in [6, 6.07) is 6.95. The minimum Gasteiger partial charge on any atom is -0.366 e. The second kappa shape index (κ2) is 6.03. The number of rotatable bonds is 5. The van der Waals surface area contributed by atoms with Crippen molar-refractivity contribution < 1.29 is 9.59 Å². The van der Waals surface area contributed by atoms with Gasteiger partial charge in [-0.2, -0.15) is 0 Å². The molecule has 0 bridgehead atoms. The molecular weight excluding hydrogens is 216 g/mol. The second-order valence-electron chi connectivity index (χ2n) is 4.09. The van der Waals surface area contributed by atoms with Crippen molar-refractivity contribution in [2.24, 2.45) is 11.7 Å². The number of nitrogens with two attached hydrogens (primary N) is 1. The Hall–Kier alpha value is -1.84. The molecule has 1 rings (SSSR count). The lowest BCUT2D eigenvalue weighted by Gasteiger charge is -2.10. The van der Waals surface area contributed by atoms with Crippen LogP contribution in [-0.2, 0) is 11.3 Å². The number of primary amides is 1. The standard InChI is InChI=1S/C13H18N2O2/c1-3-9(2)13(17)15-8-10-5-4-6-11(7-10)12(14)16/h4-7,9H,3,8H2,1-2H3,(H2,14,16)(H,15,17). The molecule has 0 aliphatic carbocycles. The van der Waals surface area contributed by atoms with E-state index in [1.807, 2.05) is 19.9 Å². The van der Waals surface area contributed by atoms with Gasteiger partial charge in [0.2, 0.25) is 11.8 Å². The zero-order chi connectivity index (χ0) is 12.8. The van der Waals surface area contributed by atoms with E-state index in [1.165, 1.54) is 0 Å². The van der Waals surface area contributed by atoms with E-state index in [2.05, 4.69) is 5.32 Å². The van der Waals surface area contributed by atoms with Crippen molar-refractivity contribution in [3.05, 3.63) is 35.4 Å². The Morgan fingerprint density at radius 3 is 2.71 bits per heavy atom. The number of hydrogen-bond acceptors (Lipinski definition) is 2. The first-order valence-electron chi connectivity index (χ1n) is 5.71. The van der Waals surface area contributed by atoms with E-state index in [4.69, 9.17) is 5.73 Å². The highest BCUT2D eigenvalue weighted by molar-refractivity contribution is 5.92. The maximum atomic E-state index is 11.6. The topological polar surface area (TPSA) is 72.2 Å². The summed E-state index contributed by atoms with van der Waals surface area (Å²) in [6.07, 6.45) is 0.813. The third-order valence-electron chi connectivity index (χ3n) is 2.74. The van der Waals surface area contributed by atoms with Crippen LogP contribution in [0.4, 0.5) is 0 Å². The van der Waals surface area contributed by atoms with Crippen LogP contribution in [0.3, 0.4) is 0 Å². The van der Waals surface area contributed by atoms with Gasteiger partial charge in [0.25, 0.3) is 0 Å². The molecule has 0 saturated heterocycles. The van der Waals surface area contributed by atoms with E-state index in [0.717, 1.165) is 12.0 Å². The Balaban J connectivity index is 2.60. The number of carbonyl (C=O) groups excluding carboxylic acids is 2. The maximum Gasteiger partial charge on any atom is 0.248 e. The van der Waals surface area contributed by atoms with E-state index < -0.39 is 5.91 Å². The van der Waals surface area contributed by atoms with Gasteiger partial charge in [0.15, 0.2) is 0 Å². The third-order valence-corrected chi connectivity index (χ3v) is 2.74. The molecule has 1 aromatic rings. The molecule has 4 nitrogen and oxygen atoms in total. The van der Waals surface area contributed by atoms with Crippen LogP contribution < -0.4 is 11.1 Å². The Morgan fingerprint density at radius 1 is 1.41 bits per heavy atom. The quantitative estimate of drug-likeness (QED) is 0.809. The highest BCUT2D eigenvalue weighted by atomic mass is 16.2. The Labute approximate surface area is 101 Å². The van der Waals surface area contributed by atoms with Gasteiger partial charge in [0.05, 0.1) is 0 Å². The van der Waals surface area contributed by atoms with Gasteiger partial charge >= 0.3 is 0 Å². The van der Waals surface area contributed by atoms with Gasteiger partial charge in [0.1, 0.15) is 0 Å². The lowest BCUT2D eigenvalue weighted by molar-refractivity contribution is -0.124. The smallest absolute Gasteiger partial charge is 0.248 e. The van der Waals surface area contributed by atoms with E-state index in [-0.39, 0.29) is 11.8 Å². The molecular formula is C13H18N2O2. The molecule has 2 amide bonds. The van der Waals surface area contributed by atoms with Crippen molar-refractivity contribution >= 4 is 11.8 Å².